The minimum atomic E-state index is -0.574. The summed E-state index contributed by atoms with van der Waals surface area (Å²) in [5, 5.41) is 20.7. The highest BCUT2D eigenvalue weighted by Gasteiger charge is 2.72. The summed E-state index contributed by atoms with van der Waals surface area (Å²) in [5.41, 5.74) is -0.298. The summed E-state index contributed by atoms with van der Waals surface area (Å²) in [4.78, 5) is 0. The van der Waals surface area contributed by atoms with E-state index in [1.165, 1.54) is 0 Å². The molecule has 3 aliphatic rings. The van der Waals surface area contributed by atoms with Crippen molar-refractivity contribution in [3.63, 3.8) is 0 Å². The SMILES string of the molecule is CC#CC[C@@H](O)[C@]1(C)[C@H](C)C[C@@]2(CCO)CCC3(OCCO3)[C@H]21. The van der Waals surface area contributed by atoms with Gasteiger partial charge in [0.2, 0.25) is 0 Å². The van der Waals surface area contributed by atoms with Crippen LogP contribution < -0.4 is 0 Å². The van der Waals surface area contributed by atoms with E-state index in [0.29, 0.717) is 25.6 Å². The Morgan fingerprint density at radius 3 is 2.57 bits per heavy atom. The Kier molecular flexibility index (Phi) is 4.52. The van der Waals surface area contributed by atoms with Crippen molar-refractivity contribution >= 4 is 0 Å². The van der Waals surface area contributed by atoms with E-state index in [1.807, 2.05) is 6.92 Å². The Morgan fingerprint density at radius 2 is 1.96 bits per heavy atom. The lowest BCUT2D eigenvalue weighted by atomic mass is 9.63. The monoisotopic (exact) mass is 322 g/mol. The number of fused-ring (bicyclic) bond motifs is 2. The van der Waals surface area contributed by atoms with E-state index in [-0.39, 0.29) is 23.4 Å². The summed E-state index contributed by atoms with van der Waals surface area (Å²) >= 11 is 0. The molecule has 23 heavy (non-hydrogen) atoms. The zero-order chi connectivity index (χ0) is 16.7. The van der Waals surface area contributed by atoms with Crippen molar-refractivity contribution in [2.24, 2.45) is 22.7 Å². The average Bonchev–Trinajstić information content (AvgIpc) is 3.16. The lowest BCUT2D eigenvalue weighted by Crippen LogP contribution is -2.52. The van der Waals surface area contributed by atoms with Crippen molar-refractivity contribution in [2.75, 3.05) is 19.8 Å². The van der Waals surface area contributed by atoms with Gasteiger partial charge in [-0.3, -0.25) is 0 Å². The van der Waals surface area contributed by atoms with Crippen LogP contribution in [0.4, 0.5) is 0 Å². The molecule has 0 bridgehead atoms. The third-order valence-corrected chi connectivity index (χ3v) is 7.00. The Balaban J connectivity index is 2.02. The second kappa shape index (κ2) is 6.04. The molecule has 1 saturated heterocycles. The summed E-state index contributed by atoms with van der Waals surface area (Å²) in [6, 6.07) is 0. The number of ether oxygens (including phenoxy) is 2. The normalized spacial score (nSPS) is 42.5. The molecule has 3 rings (SSSR count). The third-order valence-electron chi connectivity index (χ3n) is 7.00. The minimum Gasteiger partial charge on any atom is -0.396 e. The Bertz CT molecular complexity index is 501. The number of rotatable bonds is 4. The second-order valence-electron chi connectivity index (χ2n) is 7.90. The van der Waals surface area contributed by atoms with Gasteiger partial charge in [-0.2, -0.15) is 0 Å². The first-order valence-corrected chi connectivity index (χ1v) is 8.92. The smallest absolute Gasteiger partial charge is 0.172 e. The molecule has 2 N–H and O–H groups in total. The van der Waals surface area contributed by atoms with Crippen LogP contribution >= 0.6 is 0 Å². The highest BCUT2D eigenvalue weighted by molar-refractivity contribution is 5.18. The molecule has 0 aromatic rings. The quantitative estimate of drug-likeness (QED) is 0.780. The molecule has 0 aromatic carbocycles. The van der Waals surface area contributed by atoms with Crippen molar-refractivity contribution in [3.05, 3.63) is 0 Å². The molecule has 0 unspecified atom stereocenters. The Morgan fingerprint density at radius 1 is 1.26 bits per heavy atom. The van der Waals surface area contributed by atoms with Gasteiger partial charge in [-0.05, 0) is 37.5 Å². The molecule has 4 nitrogen and oxygen atoms in total. The standard InChI is InChI=1S/C19H30O4/c1-4-5-6-15(21)17(3)14(2)13-18(9-10-20)7-8-19(16(17)18)22-11-12-23-19/h14-16,20-21H,6-13H2,1-3H3/t14-,15-,16+,17+,18+/m1/s1. The number of aliphatic hydroxyl groups is 2. The van der Waals surface area contributed by atoms with Gasteiger partial charge in [0.15, 0.2) is 5.79 Å². The number of aliphatic hydroxyl groups excluding tert-OH is 2. The zero-order valence-corrected chi connectivity index (χ0v) is 14.6. The molecule has 130 valence electrons. The van der Waals surface area contributed by atoms with Gasteiger partial charge >= 0.3 is 0 Å². The van der Waals surface area contributed by atoms with Crippen LogP contribution in [-0.2, 0) is 9.47 Å². The maximum Gasteiger partial charge on any atom is 0.172 e. The van der Waals surface area contributed by atoms with Gasteiger partial charge in [0, 0.05) is 30.8 Å². The van der Waals surface area contributed by atoms with Gasteiger partial charge in [-0.15, -0.1) is 11.8 Å². The molecule has 4 heteroatoms. The van der Waals surface area contributed by atoms with Gasteiger partial charge in [0.1, 0.15) is 0 Å². The fraction of sp³-hybridized carbons (Fsp3) is 0.895. The van der Waals surface area contributed by atoms with Crippen LogP contribution in [-0.4, -0.2) is 41.9 Å². The van der Waals surface area contributed by atoms with E-state index in [0.717, 1.165) is 25.7 Å². The Labute approximate surface area is 139 Å². The van der Waals surface area contributed by atoms with Crippen molar-refractivity contribution in [3.8, 4) is 11.8 Å². The van der Waals surface area contributed by atoms with Crippen LogP contribution in [0.25, 0.3) is 0 Å². The molecular weight excluding hydrogens is 292 g/mol. The molecule has 2 saturated carbocycles. The summed E-state index contributed by atoms with van der Waals surface area (Å²) in [5.74, 6) is 5.82. The van der Waals surface area contributed by atoms with Gasteiger partial charge in [-0.1, -0.05) is 13.8 Å². The predicted octanol–water partition coefficient (Wildman–Crippen LogP) is 2.33. The molecule has 1 aliphatic heterocycles. The van der Waals surface area contributed by atoms with E-state index >= 15 is 0 Å². The molecule has 0 amide bonds. The largest absolute Gasteiger partial charge is 0.396 e. The van der Waals surface area contributed by atoms with Crippen molar-refractivity contribution < 1.29 is 19.7 Å². The molecule has 1 heterocycles. The van der Waals surface area contributed by atoms with Crippen molar-refractivity contribution in [1.82, 2.24) is 0 Å². The topological polar surface area (TPSA) is 58.9 Å². The first kappa shape index (κ1) is 17.2. The van der Waals surface area contributed by atoms with Crippen molar-refractivity contribution in [1.29, 1.82) is 0 Å². The van der Waals surface area contributed by atoms with Crippen LogP contribution in [0, 0.1) is 34.5 Å². The van der Waals surface area contributed by atoms with Crippen LogP contribution in [0.3, 0.4) is 0 Å². The highest BCUT2D eigenvalue weighted by Crippen LogP contribution is 2.71. The van der Waals surface area contributed by atoms with Gasteiger partial charge in [-0.25, -0.2) is 0 Å². The maximum atomic E-state index is 11.0. The molecule has 0 aromatic heterocycles. The minimum absolute atomic E-state index is 0.00782. The molecule has 0 radical (unpaired) electrons. The van der Waals surface area contributed by atoms with Gasteiger partial charge in [0.05, 0.1) is 19.3 Å². The van der Waals surface area contributed by atoms with E-state index in [9.17, 15) is 10.2 Å². The predicted molar refractivity (Wildman–Crippen MR) is 87.5 cm³/mol. The van der Waals surface area contributed by atoms with E-state index < -0.39 is 11.9 Å². The molecule has 1 spiro atoms. The number of hydrogen-bond acceptors (Lipinski definition) is 4. The first-order valence-electron chi connectivity index (χ1n) is 8.92. The zero-order valence-electron chi connectivity index (χ0n) is 14.6. The van der Waals surface area contributed by atoms with Crippen LogP contribution in [0.15, 0.2) is 0 Å². The maximum absolute atomic E-state index is 11.0. The summed E-state index contributed by atoms with van der Waals surface area (Å²) < 4.78 is 12.3. The van der Waals surface area contributed by atoms with Gasteiger partial charge in [0.25, 0.3) is 0 Å². The summed E-state index contributed by atoms with van der Waals surface area (Å²) in [6.07, 6.45) is 3.63. The Hall–Kier alpha value is -0.600. The first-order chi connectivity index (χ1) is 11.0. The molecule has 3 fully saturated rings. The lowest BCUT2D eigenvalue weighted by molar-refractivity contribution is -0.228. The lowest BCUT2D eigenvalue weighted by Gasteiger charge is -2.47. The van der Waals surface area contributed by atoms with Crippen LogP contribution in [0.2, 0.25) is 0 Å². The average molecular weight is 322 g/mol. The molecule has 2 aliphatic carbocycles. The van der Waals surface area contributed by atoms with Crippen LogP contribution in [0.1, 0.15) is 52.9 Å². The third kappa shape index (κ3) is 2.36. The van der Waals surface area contributed by atoms with Gasteiger partial charge < -0.3 is 19.7 Å². The van der Waals surface area contributed by atoms with E-state index in [2.05, 4.69) is 25.7 Å². The number of hydrogen-bond donors (Lipinski definition) is 2. The van der Waals surface area contributed by atoms with Crippen molar-refractivity contribution in [2.45, 2.75) is 64.8 Å². The van der Waals surface area contributed by atoms with E-state index in [4.69, 9.17) is 9.47 Å². The van der Waals surface area contributed by atoms with Crippen LogP contribution in [0.5, 0.6) is 0 Å². The van der Waals surface area contributed by atoms with E-state index in [1.54, 1.807) is 0 Å². The second-order valence-corrected chi connectivity index (χ2v) is 7.90. The fourth-order valence-corrected chi connectivity index (χ4v) is 5.96. The summed E-state index contributed by atoms with van der Waals surface area (Å²) in [7, 11) is 0. The summed E-state index contributed by atoms with van der Waals surface area (Å²) in [6.45, 7) is 7.65. The highest BCUT2D eigenvalue weighted by atomic mass is 16.7. The fourth-order valence-electron chi connectivity index (χ4n) is 5.96. The molecular formula is C19H30O4. The molecule has 5 atom stereocenters.